The Labute approximate surface area is 162 Å². The van der Waals surface area contributed by atoms with Crippen LogP contribution in [-0.4, -0.2) is 33.1 Å². The fraction of sp³-hybridized carbons (Fsp3) is 0.333. The number of benzene rings is 2. The smallest absolute Gasteiger partial charge is 0.258 e. The molecule has 6 heteroatoms. The fourth-order valence-corrected chi connectivity index (χ4v) is 3.97. The maximum absolute atomic E-state index is 12.3. The molecule has 1 unspecified atom stereocenters. The number of H-pyrrole nitrogens is 1. The molecule has 1 aliphatic rings. The Hall–Kier alpha value is -2.21. The zero-order chi connectivity index (χ0) is 18.8. The average Bonchev–Trinajstić information content (AvgIpc) is 2.69. The van der Waals surface area contributed by atoms with E-state index in [1.165, 1.54) is 0 Å². The second kappa shape index (κ2) is 7.80. The summed E-state index contributed by atoms with van der Waals surface area (Å²) in [5, 5.41) is 11.6. The summed E-state index contributed by atoms with van der Waals surface area (Å²) in [6, 6.07) is 15.0. The molecule has 5 nitrogen and oxygen atoms in total. The first-order valence-corrected chi connectivity index (χ1v) is 9.62. The van der Waals surface area contributed by atoms with Crippen molar-refractivity contribution in [2.24, 2.45) is 5.92 Å². The summed E-state index contributed by atoms with van der Waals surface area (Å²) in [4.78, 5) is 22.0. The highest BCUT2D eigenvalue weighted by Gasteiger charge is 2.26. The van der Waals surface area contributed by atoms with Crippen molar-refractivity contribution in [3.63, 3.8) is 0 Å². The van der Waals surface area contributed by atoms with Crippen LogP contribution in [-0.2, 0) is 6.54 Å². The van der Waals surface area contributed by atoms with Gasteiger partial charge in [0, 0.05) is 5.02 Å². The summed E-state index contributed by atoms with van der Waals surface area (Å²) in [5.74, 6) is 0.922. The number of halogens is 1. The second-order valence-corrected chi connectivity index (χ2v) is 7.58. The van der Waals surface area contributed by atoms with Crippen molar-refractivity contribution < 1.29 is 5.11 Å². The quantitative estimate of drug-likeness (QED) is 0.723. The zero-order valence-electron chi connectivity index (χ0n) is 14.9. The van der Waals surface area contributed by atoms with Crippen LogP contribution in [0, 0.1) is 5.92 Å². The van der Waals surface area contributed by atoms with Crippen molar-refractivity contribution in [3.8, 4) is 0 Å². The summed E-state index contributed by atoms with van der Waals surface area (Å²) >= 11 is 5.96. The van der Waals surface area contributed by atoms with Gasteiger partial charge in [-0.1, -0.05) is 41.9 Å². The first-order valence-electron chi connectivity index (χ1n) is 9.24. The van der Waals surface area contributed by atoms with Crippen molar-refractivity contribution in [1.29, 1.82) is 0 Å². The lowest BCUT2D eigenvalue weighted by Gasteiger charge is -2.34. The highest BCUT2D eigenvalue weighted by Crippen LogP contribution is 2.30. The van der Waals surface area contributed by atoms with E-state index in [4.69, 9.17) is 11.6 Å². The Balaban J connectivity index is 1.41. The van der Waals surface area contributed by atoms with E-state index in [0.717, 1.165) is 31.5 Å². The summed E-state index contributed by atoms with van der Waals surface area (Å²) in [6.07, 6.45) is 1.42. The minimum Gasteiger partial charge on any atom is -0.388 e. The van der Waals surface area contributed by atoms with Gasteiger partial charge < -0.3 is 10.1 Å². The number of aromatic nitrogens is 2. The average molecular weight is 384 g/mol. The summed E-state index contributed by atoms with van der Waals surface area (Å²) < 4.78 is 0. The maximum atomic E-state index is 12.3. The molecule has 0 radical (unpaired) electrons. The molecule has 4 rings (SSSR count). The highest BCUT2D eigenvalue weighted by atomic mass is 35.5. The van der Waals surface area contributed by atoms with Gasteiger partial charge >= 0.3 is 0 Å². The Bertz CT molecular complexity index is 982. The molecule has 0 amide bonds. The Morgan fingerprint density at radius 3 is 2.67 bits per heavy atom. The maximum Gasteiger partial charge on any atom is 0.258 e. The topological polar surface area (TPSA) is 69.2 Å². The third-order valence-electron chi connectivity index (χ3n) is 5.31. The largest absolute Gasteiger partial charge is 0.388 e. The predicted octanol–water partition coefficient (Wildman–Crippen LogP) is 3.52. The molecule has 0 saturated carbocycles. The normalized spacial score (nSPS) is 17.3. The van der Waals surface area contributed by atoms with Crippen molar-refractivity contribution in [1.82, 2.24) is 14.9 Å². The lowest BCUT2D eigenvalue weighted by Crippen LogP contribution is -2.36. The number of likely N-dealkylation sites (tertiary alicyclic amines) is 1. The van der Waals surface area contributed by atoms with Crippen LogP contribution in [0.4, 0.5) is 0 Å². The van der Waals surface area contributed by atoms with E-state index >= 15 is 0 Å². The number of nitrogens with one attached hydrogen (secondary N) is 1. The van der Waals surface area contributed by atoms with Gasteiger partial charge in [-0.15, -0.1) is 0 Å². The summed E-state index contributed by atoms with van der Waals surface area (Å²) in [7, 11) is 0. The third kappa shape index (κ3) is 4.05. The van der Waals surface area contributed by atoms with Gasteiger partial charge in [0.1, 0.15) is 5.82 Å². The number of hydrogen-bond acceptors (Lipinski definition) is 4. The van der Waals surface area contributed by atoms with Gasteiger partial charge in [-0.3, -0.25) is 9.69 Å². The van der Waals surface area contributed by atoms with Crippen molar-refractivity contribution >= 4 is 22.5 Å². The molecule has 1 fully saturated rings. The molecule has 1 saturated heterocycles. The molecule has 2 N–H and O–H groups in total. The molecule has 0 aliphatic carbocycles. The zero-order valence-corrected chi connectivity index (χ0v) is 15.7. The number of rotatable bonds is 4. The minimum absolute atomic E-state index is 0.160. The van der Waals surface area contributed by atoms with Crippen LogP contribution >= 0.6 is 11.6 Å². The van der Waals surface area contributed by atoms with E-state index in [1.54, 1.807) is 18.2 Å². The van der Waals surface area contributed by atoms with Gasteiger partial charge in [0.05, 0.1) is 23.6 Å². The van der Waals surface area contributed by atoms with E-state index < -0.39 is 6.10 Å². The molecule has 0 bridgehead atoms. The lowest BCUT2D eigenvalue weighted by molar-refractivity contribution is 0.0561. The molecule has 2 heterocycles. The summed E-state index contributed by atoms with van der Waals surface area (Å²) in [5.41, 5.74) is 1.48. The van der Waals surface area contributed by atoms with Gasteiger partial charge in [-0.2, -0.15) is 0 Å². The van der Waals surface area contributed by atoms with E-state index in [2.05, 4.69) is 14.9 Å². The molecule has 1 aromatic heterocycles. The Morgan fingerprint density at radius 1 is 1.19 bits per heavy atom. The molecule has 27 heavy (non-hydrogen) atoms. The number of nitrogens with zero attached hydrogens (tertiary/aromatic N) is 2. The molecule has 2 aromatic carbocycles. The molecule has 1 aliphatic heterocycles. The van der Waals surface area contributed by atoms with E-state index in [9.17, 15) is 9.90 Å². The third-order valence-corrected chi connectivity index (χ3v) is 5.54. The second-order valence-electron chi connectivity index (χ2n) is 7.14. The van der Waals surface area contributed by atoms with Gasteiger partial charge in [0.25, 0.3) is 5.56 Å². The summed E-state index contributed by atoms with van der Waals surface area (Å²) in [6.45, 7) is 2.34. The Morgan fingerprint density at radius 2 is 1.93 bits per heavy atom. The standard InChI is InChI=1S/C21H22ClN3O2/c22-16-6-7-18-17(12-16)21(27)24-19(23-18)13-25-10-8-15(9-11-25)20(26)14-4-2-1-3-5-14/h1-7,12,15,20,26H,8-11,13H2,(H,23,24,27). The first-order chi connectivity index (χ1) is 13.1. The SMILES string of the molecule is O=c1[nH]c(CN2CCC(C(O)c3ccccc3)CC2)nc2ccc(Cl)cc12. The molecule has 0 spiro atoms. The van der Waals surface area contributed by atoms with Crippen LogP contribution in [0.3, 0.4) is 0 Å². The molecule has 1 atom stereocenters. The fourth-order valence-electron chi connectivity index (χ4n) is 3.80. The molecule has 3 aromatic rings. The monoisotopic (exact) mass is 383 g/mol. The van der Waals surface area contributed by atoms with Gasteiger partial charge in [-0.05, 0) is 55.6 Å². The number of aliphatic hydroxyl groups excluding tert-OH is 1. The minimum atomic E-state index is -0.420. The van der Waals surface area contributed by atoms with E-state index in [0.29, 0.717) is 28.3 Å². The molecular weight excluding hydrogens is 362 g/mol. The predicted molar refractivity (Wildman–Crippen MR) is 107 cm³/mol. The number of fused-ring (bicyclic) bond motifs is 1. The highest BCUT2D eigenvalue weighted by molar-refractivity contribution is 6.31. The lowest BCUT2D eigenvalue weighted by atomic mass is 9.87. The van der Waals surface area contributed by atoms with Crippen molar-refractivity contribution in [2.75, 3.05) is 13.1 Å². The van der Waals surface area contributed by atoms with Crippen LogP contribution < -0.4 is 5.56 Å². The number of aliphatic hydroxyl groups is 1. The van der Waals surface area contributed by atoms with Gasteiger partial charge in [0.15, 0.2) is 0 Å². The van der Waals surface area contributed by atoms with Crippen LogP contribution in [0.5, 0.6) is 0 Å². The van der Waals surface area contributed by atoms with Gasteiger partial charge in [0.2, 0.25) is 0 Å². The molecular formula is C21H22ClN3O2. The van der Waals surface area contributed by atoms with E-state index in [1.807, 2.05) is 30.3 Å². The van der Waals surface area contributed by atoms with Crippen molar-refractivity contribution in [3.05, 3.63) is 75.3 Å². The number of hydrogen-bond donors (Lipinski definition) is 2. The van der Waals surface area contributed by atoms with Crippen LogP contribution in [0.2, 0.25) is 5.02 Å². The van der Waals surface area contributed by atoms with Crippen LogP contribution in [0.25, 0.3) is 10.9 Å². The Kier molecular flexibility index (Phi) is 5.25. The van der Waals surface area contributed by atoms with Crippen LogP contribution in [0.15, 0.2) is 53.3 Å². The number of aromatic amines is 1. The van der Waals surface area contributed by atoms with Crippen molar-refractivity contribution in [2.45, 2.75) is 25.5 Å². The van der Waals surface area contributed by atoms with E-state index in [-0.39, 0.29) is 11.5 Å². The first kappa shape index (κ1) is 18.2. The van der Waals surface area contributed by atoms with Crippen LogP contribution in [0.1, 0.15) is 30.3 Å². The molecule has 140 valence electrons. The number of piperidine rings is 1. The van der Waals surface area contributed by atoms with Gasteiger partial charge in [-0.25, -0.2) is 4.98 Å².